The van der Waals surface area contributed by atoms with Crippen molar-refractivity contribution in [1.29, 1.82) is 0 Å². The van der Waals surface area contributed by atoms with Gasteiger partial charge in [0.1, 0.15) is 0 Å². The molecular weight excluding hydrogens is 152 g/mol. The minimum absolute atomic E-state index is 0.976. The summed E-state index contributed by atoms with van der Waals surface area (Å²) in [4.78, 5) is 0. The fourth-order valence-electron chi connectivity index (χ4n) is 0.994. The molecule has 0 aromatic heterocycles. The lowest BCUT2D eigenvalue weighted by Gasteiger charge is -1.97. The van der Waals surface area contributed by atoms with Crippen LogP contribution >= 0.6 is 0 Å². The standard InChI is InChI=1S/C8H17Si2/c1-2-3-4-5-6-7-8-10-9/h2-8H2,1H3. The van der Waals surface area contributed by atoms with Crippen LogP contribution in [0.2, 0.25) is 6.04 Å². The van der Waals surface area contributed by atoms with Gasteiger partial charge in [-0.05, 0) is 0 Å². The van der Waals surface area contributed by atoms with E-state index in [1.165, 1.54) is 44.6 Å². The van der Waals surface area contributed by atoms with Crippen molar-refractivity contribution < 1.29 is 0 Å². The first-order valence-corrected chi connectivity index (χ1v) is 7.02. The van der Waals surface area contributed by atoms with Gasteiger partial charge in [0.05, 0.1) is 0 Å². The van der Waals surface area contributed by atoms with Crippen LogP contribution in [0.4, 0.5) is 0 Å². The zero-order valence-corrected chi connectivity index (χ0v) is 8.95. The van der Waals surface area contributed by atoms with Gasteiger partial charge in [-0.3, -0.25) is 0 Å². The number of unbranched alkanes of at least 4 members (excludes halogenated alkanes) is 5. The van der Waals surface area contributed by atoms with E-state index in [2.05, 4.69) is 16.7 Å². The summed E-state index contributed by atoms with van der Waals surface area (Å²) in [5, 5.41) is 0. The molecule has 0 unspecified atom stereocenters. The van der Waals surface area contributed by atoms with Crippen LogP contribution in [-0.2, 0) is 0 Å². The topological polar surface area (TPSA) is 0 Å². The van der Waals surface area contributed by atoms with Crippen LogP contribution in [0.15, 0.2) is 0 Å². The monoisotopic (exact) mass is 169 g/mol. The molecule has 0 heterocycles. The molecule has 0 aliphatic carbocycles. The van der Waals surface area contributed by atoms with Crippen LogP contribution in [0.5, 0.6) is 0 Å². The summed E-state index contributed by atoms with van der Waals surface area (Å²) in [7, 11) is 4.48. The van der Waals surface area contributed by atoms with Gasteiger partial charge in [0.25, 0.3) is 0 Å². The molecule has 0 bridgehead atoms. The van der Waals surface area contributed by atoms with Crippen LogP contribution in [0.1, 0.15) is 45.4 Å². The Hall–Kier alpha value is 0.434. The fraction of sp³-hybridized carbons (Fsp3) is 1.00. The van der Waals surface area contributed by atoms with E-state index in [0.717, 1.165) is 9.04 Å². The van der Waals surface area contributed by atoms with Crippen molar-refractivity contribution in [3.05, 3.63) is 0 Å². The first kappa shape index (κ1) is 10.4. The van der Waals surface area contributed by atoms with E-state index < -0.39 is 0 Å². The molecule has 0 nitrogen and oxygen atoms in total. The molecule has 5 radical (unpaired) electrons. The summed E-state index contributed by atoms with van der Waals surface area (Å²) in [6.07, 6.45) is 8.55. The summed E-state index contributed by atoms with van der Waals surface area (Å²) in [6, 6.07) is 1.38. The average Bonchev–Trinajstić information content (AvgIpc) is 1.97. The Morgan fingerprint density at radius 2 is 1.60 bits per heavy atom. The third kappa shape index (κ3) is 8.43. The second kappa shape index (κ2) is 9.43. The molecule has 0 N–H and O–H groups in total. The molecule has 0 atom stereocenters. The maximum Gasteiger partial charge on any atom is 0.0180 e. The van der Waals surface area contributed by atoms with Gasteiger partial charge in [-0.1, -0.05) is 51.5 Å². The van der Waals surface area contributed by atoms with Gasteiger partial charge in [-0.25, -0.2) is 0 Å². The Balaban J connectivity index is 2.65. The highest BCUT2D eigenvalue weighted by atomic mass is 29.1. The lowest BCUT2D eigenvalue weighted by molar-refractivity contribution is 0.624. The van der Waals surface area contributed by atoms with E-state index in [4.69, 9.17) is 0 Å². The van der Waals surface area contributed by atoms with E-state index in [9.17, 15) is 0 Å². The largest absolute Gasteiger partial charge is 0.0654 e. The molecule has 0 aliphatic rings. The normalized spacial score (nSPS) is 10.2. The smallest absolute Gasteiger partial charge is 0.0180 e. The van der Waals surface area contributed by atoms with E-state index in [1.54, 1.807) is 0 Å². The van der Waals surface area contributed by atoms with Crippen molar-refractivity contribution in [2.24, 2.45) is 0 Å². The van der Waals surface area contributed by atoms with E-state index >= 15 is 0 Å². The molecule has 0 amide bonds. The van der Waals surface area contributed by atoms with Gasteiger partial charge in [0.2, 0.25) is 0 Å². The second-order valence-corrected chi connectivity index (χ2v) is 4.61. The minimum Gasteiger partial charge on any atom is -0.0654 e. The van der Waals surface area contributed by atoms with Crippen LogP contribution in [0.3, 0.4) is 0 Å². The molecule has 0 saturated heterocycles. The van der Waals surface area contributed by atoms with Gasteiger partial charge in [0, 0.05) is 18.8 Å². The van der Waals surface area contributed by atoms with Gasteiger partial charge in [-0.2, -0.15) is 0 Å². The third-order valence-electron chi connectivity index (χ3n) is 1.66. The summed E-state index contributed by atoms with van der Waals surface area (Å²) in [6.45, 7) is 2.26. The van der Waals surface area contributed by atoms with Crippen molar-refractivity contribution in [1.82, 2.24) is 0 Å². The third-order valence-corrected chi connectivity index (χ3v) is 3.01. The van der Waals surface area contributed by atoms with Crippen molar-refractivity contribution in [3.63, 3.8) is 0 Å². The van der Waals surface area contributed by atoms with Crippen molar-refractivity contribution in [2.75, 3.05) is 0 Å². The Kier molecular flexibility index (Phi) is 9.84. The summed E-state index contributed by atoms with van der Waals surface area (Å²) >= 11 is 0. The highest BCUT2D eigenvalue weighted by Gasteiger charge is 1.87. The molecule has 0 aromatic carbocycles. The van der Waals surface area contributed by atoms with Crippen LogP contribution < -0.4 is 0 Å². The van der Waals surface area contributed by atoms with E-state index in [0.29, 0.717) is 0 Å². The summed E-state index contributed by atoms with van der Waals surface area (Å²) in [5.74, 6) is 0. The SMILES string of the molecule is CCCCCCCC[Si][Si]. The van der Waals surface area contributed by atoms with Gasteiger partial charge in [0.15, 0.2) is 0 Å². The quantitative estimate of drug-likeness (QED) is 0.406. The van der Waals surface area contributed by atoms with Gasteiger partial charge in [-0.15, -0.1) is 0 Å². The molecule has 0 rings (SSSR count). The Bertz CT molecular complexity index is 47.2. The number of hydrogen-bond acceptors (Lipinski definition) is 0. The number of hydrogen-bond donors (Lipinski definition) is 0. The van der Waals surface area contributed by atoms with Gasteiger partial charge >= 0.3 is 0 Å². The average molecular weight is 169 g/mol. The predicted octanol–water partition coefficient (Wildman–Crippen LogP) is 2.55. The zero-order valence-electron chi connectivity index (χ0n) is 6.95. The Labute approximate surface area is 70.8 Å². The summed E-state index contributed by atoms with van der Waals surface area (Å²) in [5.41, 5.74) is 0. The first-order chi connectivity index (χ1) is 4.91. The molecule has 57 valence electrons. The minimum atomic E-state index is 0.976. The lowest BCUT2D eigenvalue weighted by atomic mass is 10.1. The van der Waals surface area contributed by atoms with Crippen molar-refractivity contribution in [2.45, 2.75) is 51.5 Å². The maximum absolute atomic E-state index is 3.50. The molecule has 0 fully saturated rings. The van der Waals surface area contributed by atoms with E-state index in [-0.39, 0.29) is 0 Å². The number of rotatable bonds is 7. The molecule has 0 saturated carbocycles. The van der Waals surface area contributed by atoms with Crippen molar-refractivity contribution in [3.8, 4) is 0 Å². The molecular formula is C8H17Si2. The second-order valence-electron chi connectivity index (χ2n) is 2.69. The molecule has 10 heavy (non-hydrogen) atoms. The van der Waals surface area contributed by atoms with Crippen LogP contribution in [-0.4, -0.2) is 18.8 Å². The van der Waals surface area contributed by atoms with E-state index in [1.807, 2.05) is 0 Å². The molecule has 0 aromatic rings. The van der Waals surface area contributed by atoms with Gasteiger partial charge < -0.3 is 0 Å². The summed E-state index contributed by atoms with van der Waals surface area (Å²) < 4.78 is 0. The highest BCUT2D eigenvalue weighted by molar-refractivity contribution is 6.89. The fourth-order valence-corrected chi connectivity index (χ4v) is 1.95. The molecule has 0 aliphatic heterocycles. The van der Waals surface area contributed by atoms with Crippen molar-refractivity contribution >= 4 is 18.8 Å². The first-order valence-electron chi connectivity index (χ1n) is 4.31. The molecule has 0 spiro atoms. The predicted molar refractivity (Wildman–Crippen MR) is 49.7 cm³/mol. The maximum atomic E-state index is 3.50. The Morgan fingerprint density at radius 3 is 2.20 bits per heavy atom. The zero-order chi connectivity index (χ0) is 7.66. The molecule has 2 heteroatoms. The van der Waals surface area contributed by atoms with Crippen LogP contribution in [0, 0.1) is 0 Å². The highest BCUT2D eigenvalue weighted by Crippen LogP contribution is 2.05. The van der Waals surface area contributed by atoms with Crippen LogP contribution in [0.25, 0.3) is 0 Å². The Morgan fingerprint density at radius 1 is 1.00 bits per heavy atom. The lowest BCUT2D eigenvalue weighted by Crippen LogP contribution is -1.87.